The van der Waals surface area contributed by atoms with Gasteiger partial charge in [-0.25, -0.2) is 4.79 Å². The van der Waals surface area contributed by atoms with E-state index in [1.807, 2.05) is 0 Å². The van der Waals surface area contributed by atoms with Gasteiger partial charge in [-0.1, -0.05) is 0 Å². The maximum absolute atomic E-state index is 12.6. The van der Waals surface area contributed by atoms with Gasteiger partial charge in [0.2, 0.25) is 0 Å². The van der Waals surface area contributed by atoms with E-state index in [4.69, 9.17) is 18.9 Å². The molecule has 1 fully saturated rings. The lowest BCUT2D eigenvalue weighted by Crippen LogP contribution is -2.45. The molecular formula is C16H19IN2O9. The predicted octanol–water partition coefficient (Wildman–Crippen LogP) is -0.524. The van der Waals surface area contributed by atoms with Gasteiger partial charge < -0.3 is 18.9 Å². The van der Waals surface area contributed by atoms with Crippen LogP contribution < -0.4 is 11.2 Å². The molecule has 0 radical (unpaired) electrons. The number of hydrogen-bond acceptors (Lipinski definition) is 9. The van der Waals surface area contributed by atoms with Crippen LogP contribution in [-0.4, -0.2) is 52.0 Å². The van der Waals surface area contributed by atoms with Gasteiger partial charge in [0, 0.05) is 34.0 Å². The monoisotopic (exact) mass is 510 g/mol. The minimum Gasteiger partial charge on any atom is -0.463 e. The van der Waals surface area contributed by atoms with Crippen LogP contribution in [0.4, 0.5) is 0 Å². The highest BCUT2D eigenvalue weighted by atomic mass is 127. The standard InChI is InChI=1S/C16H19IN2O9/c1-7(20)25-6-11-12(26-8(2)21)13(27-9(3)22)15(28-11)19-5-10(17)14(23)18(4)16(19)24/h5,11-13,15H,6H2,1-4H3/t11-,12-,13-,15-/m1/s1. The Hall–Kier alpha value is -2.22. The van der Waals surface area contributed by atoms with Crippen molar-refractivity contribution >= 4 is 40.5 Å². The van der Waals surface area contributed by atoms with Crippen molar-refractivity contribution in [1.29, 1.82) is 0 Å². The number of halogens is 1. The Morgan fingerprint density at radius 2 is 1.64 bits per heavy atom. The molecule has 154 valence electrons. The van der Waals surface area contributed by atoms with E-state index in [2.05, 4.69) is 0 Å². The van der Waals surface area contributed by atoms with Crippen LogP contribution in [0.25, 0.3) is 0 Å². The van der Waals surface area contributed by atoms with Crippen LogP contribution in [0.1, 0.15) is 27.0 Å². The lowest BCUT2D eigenvalue weighted by Gasteiger charge is -2.24. The third-order valence-electron chi connectivity index (χ3n) is 3.88. The van der Waals surface area contributed by atoms with E-state index in [1.165, 1.54) is 20.2 Å². The fourth-order valence-electron chi connectivity index (χ4n) is 2.75. The summed E-state index contributed by atoms with van der Waals surface area (Å²) in [6, 6.07) is 0. The van der Waals surface area contributed by atoms with Crippen LogP contribution in [0.5, 0.6) is 0 Å². The zero-order valence-corrected chi connectivity index (χ0v) is 17.7. The van der Waals surface area contributed by atoms with E-state index in [-0.39, 0.29) is 10.2 Å². The molecule has 1 aliphatic rings. The number of carbonyl (C=O) groups is 3. The van der Waals surface area contributed by atoms with Crippen LogP contribution in [-0.2, 0) is 40.4 Å². The van der Waals surface area contributed by atoms with Gasteiger partial charge in [0.05, 0.1) is 3.57 Å². The zero-order chi connectivity index (χ0) is 21.2. The summed E-state index contributed by atoms with van der Waals surface area (Å²) in [7, 11) is 1.29. The third kappa shape index (κ3) is 4.79. The maximum atomic E-state index is 12.6. The SMILES string of the molecule is CC(=O)OC[C@H]1O[C@@H](n2cc(I)c(=O)n(C)c2=O)[C@H](OC(C)=O)[C@@H]1OC(C)=O. The van der Waals surface area contributed by atoms with E-state index in [0.29, 0.717) is 0 Å². The molecule has 28 heavy (non-hydrogen) atoms. The second-order valence-corrected chi connectivity index (χ2v) is 7.21. The Morgan fingerprint density at radius 1 is 1.07 bits per heavy atom. The van der Waals surface area contributed by atoms with E-state index in [1.54, 1.807) is 22.6 Å². The molecule has 1 aromatic heterocycles. The fraction of sp³-hybridized carbons (Fsp3) is 0.562. The van der Waals surface area contributed by atoms with E-state index >= 15 is 0 Å². The van der Waals surface area contributed by atoms with Crippen molar-refractivity contribution in [2.45, 2.75) is 45.3 Å². The van der Waals surface area contributed by atoms with Crippen LogP contribution in [0.15, 0.2) is 15.8 Å². The molecule has 0 aliphatic carbocycles. The zero-order valence-electron chi connectivity index (χ0n) is 15.5. The number of hydrogen-bond donors (Lipinski definition) is 0. The summed E-state index contributed by atoms with van der Waals surface area (Å²) in [5.41, 5.74) is -1.22. The lowest BCUT2D eigenvalue weighted by atomic mass is 10.1. The molecule has 12 heteroatoms. The summed E-state index contributed by atoms with van der Waals surface area (Å²) in [6.45, 7) is 3.20. The summed E-state index contributed by atoms with van der Waals surface area (Å²) in [5.74, 6) is -1.97. The first-order valence-electron chi connectivity index (χ1n) is 8.13. The maximum Gasteiger partial charge on any atom is 0.333 e. The number of esters is 3. The molecule has 0 amide bonds. The van der Waals surface area contributed by atoms with Crippen molar-refractivity contribution in [1.82, 2.24) is 9.13 Å². The normalized spacial score (nSPS) is 23.9. The topological polar surface area (TPSA) is 132 Å². The van der Waals surface area contributed by atoms with Crippen LogP contribution in [0.2, 0.25) is 0 Å². The second kappa shape index (κ2) is 8.86. The molecule has 1 aliphatic heterocycles. The molecule has 0 N–H and O–H groups in total. The summed E-state index contributed by atoms with van der Waals surface area (Å²) in [6.07, 6.45) is -3.28. The van der Waals surface area contributed by atoms with Crippen LogP contribution in [0.3, 0.4) is 0 Å². The number of nitrogens with zero attached hydrogens (tertiary/aromatic N) is 2. The van der Waals surface area contributed by atoms with Gasteiger partial charge in [-0.15, -0.1) is 0 Å². The van der Waals surface area contributed by atoms with Gasteiger partial charge >= 0.3 is 23.6 Å². The van der Waals surface area contributed by atoms with E-state index in [0.717, 1.165) is 23.0 Å². The van der Waals surface area contributed by atoms with Crippen LogP contribution in [0, 0.1) is 3.57 Å². The van der Waals surface area contributed by atoms with Crippen molar-refractivity contribution in [2.24, 2.45) is 7.05 Å². The lowest BCUT2D eigenvalue weighted by molar-refractivity contribution is -0.166. The number of ether oxygens (including phenoxy) is 4. The van der Waals surface area contributed by atoms with Gasteiger partial charge in [-0.3, -0.25) is 28.3 Å². The molecule has 11 nitrogen and oxygen atoms in total. The quantitative estimate of drug-likeness (QED) is 0.292. The van der Waals surface area contributed by atoms with Gasteiger partial charge in [-0.2, -0.15) is 0 Å². The minimum absolute atomic E-state index is 0.220. The first kappa shape index (κ1) is 22.1. The molecule has 0 saturated carbocycles. The van der Waals surface area contributed by atoms with Crippen molar-refractivity contribution in [3.63, 3.8) is 0 Å². The van der Waals surface area contributed by atoms with E-state index in [9.17, 15) is 24.0 Å². The van der Waals surface area contributed by atoms with Crippen LogP contribution >= 0.6 is 22.6 Å². The van der Waals surface area contributed by atoms with Crippen molar-refractivity contribution in [3.05, 3.63) is 30.6 Å². The van der Waals surface area contributed by atoms with Crippen molar-refractivity contribution in [3.8, 4) is 0 Å². The molecule has 1 aromatic rings. The van der Waals surface area contributed by atoms with Gasteiger partial charge in [-0.05, 0) is 22.6 Å². The molecule has 0 bridgehead atoms. The Kier molecular flexibility index (Phi) is 6.98. The molecule has 0 aromatic carbocycles. The summed E-state index contributed by atoms with van der Waals surface area (Å²) < 4.78 is 23.4. The number of rotatable bonds is 5. The first-order valence-corrected chi connectivity index (χ1v) is 9.21. The predicted molar refractivity (Wildman–Crippen MR) is 100 cm³/mol. The fourth-order valence-corrected chi connectivity index (χ4v) is 3.41. The third-order valence-corrected chi connectivity index (χ3v) is 4.62. The van der Waals surface area contributed by atoms with Gasteiger partial charge in [0.15, 0.2) is 18.4 Å². The highest BCUT2D eigenvalue weighted by Gasteiger charge is 2.51. The average molecular weight is 510 g/mol. The highest BCUT2D eigenvalue weighted by molar-refractivity contribution is 14.1. The minimum atomic E-state index is -1.21. The molecule has 0 spiro atoms. The van der Waals surface area contributed by atoms with Crippen molar-refractivity contribution in [2.75, 3.05) is 6.61 Å². The molecule has 2 heterocycles. The molecule has 1 saturated heterocycles. The molecular weight excluding hydrogens is 491 g/mol. The Bertz CT molecular complexity index is 906. The molecule has 4 atom stereocenters. The average Bonchev–Trinajstić information content (AvgIpc) is 2.90. The summed E-state index contributed by atoms with van der Waals surface area (Å²) >= 11 is 1.76. The molecule has 2 rings (SSSR count). The Morgan fingerprint density at radius 3 is 2.18 bits per heavy atom. The van der Waals surface area contributed by atoms with E-state index < -0.39 is 53.7 Å². The van der Waals surface area contributed by atoms with Gasteiger partial charge in [0.1, 0.15) is 12.7 Å². The first-order chi connectivity index (χ1) is 13.0. The highest BCUT2D eigenvalue weighted by Crippen LogP contribution is 2.33. The molecule has 0 unspecified atom stereocenters. The second-order valence-electron chi connectivity index (χ2n) is 6.05. The number of carbonyl (C=O) groups excluding carboxylic acids is 3. The largest absolute Gasteiger partial charge is 0.463 e. The summed E-state index contributed by atoms with van der Waals surface area (Å²) in [4.78, 5) is 58.8. The Labute approximate surface area is 172 Å². The number of aromatic nitrogens is 2. The summed E-state index contributed by atoms with van der Waals surface area (Å²) in [5, 5.41) is 0. The smallest absolute Gasteiger partial charge is 0.333 e. The Balaban J connectivity index is 2.53. The van der Waals surface area contributed by atoms with Crippen molar-refractivity contribution < 1.29 is 33.3 Å². The van der Waals surface area contributed by atoms with Gasteiger partial charge in [0.25, 0.3) is 5.56 Å².